The van der Waals surface area contributed by atoms with Gasteiger partial charge in [0.25, 0.3) is 0 Å². The summed E-state index contributed by atoms with van der Waals surface area (Å²) in [5.41, 5.74) is 0.349. The lowest BCUT2D eigenvalue weighted by atomic mass is 9.89. The molecular formula is C50H86N2O13S. The minimum atomic E-state index is -0.379. The van der Waals surface area contributed by atoms with Gasteiger partial charge in [-0.2, -0.15) is 0 Å². The lowest BCUT2D eigenvalue weighted by Crippen LogP contribution is -2.35. The van der Waals surface area contributed by atoms with Crippen molar-refractivity contribution >= 4 is 41.0 Å². The number of Topliss-reactive ketones (excluding diaryl/α,β-unsaturated/α-hetero) is 2. The smallest absolute Gasteiger partial charge is 0.242 e. The average molecular weight is 955 g/mol. The molecule has 1 unspecified atom stereocenters. The third-order valence-corrected chi connectivity index (χ3v) is 11.7. The zero-order valence-corrected chi connectivity index (χ0v) is 42.7. The summed E-state index contributed by atoms with van der Waals surface area (Å²) in [4.78, 5) is 63.9. The van der Waals surface area contributed by atoms with E-state index in [1.807, 2.05) is 53.7 Å². The minimum absolute atomic E-state index is 0. The SMILES string of the molecule is CC(C)(C)CCCCCCSC1CC(=O)N(CCC(=O)NCc2cc(OCCOCCOCCOCCC(=O)C(C)(C)C)cc(OCCOCCOCCOCCC(=O)C(C)(C)C)c2)C1=O.[HH]. The Morgan fingerprint density at radius 1 is 0.606 bits per heavy atom. The highest BCUT2D eigenvalue weighted by atomic mass is 32.2. The van der Waals surface area contributed by atoms with Crippen LogP contribution in [0.15, 0.2) is 18.2 Å². The molecular weight excluding hydrogens is 869 g/mol. The summed E-state index contributed by atoms with van der Waals surface area (Å²) >= 11 is 1.55. The number of nitrogens with zero attached hydrogens (tertiary/aromatic N) is 1. The van der Waals surface area contributed by atoms with E-state index >= 15 is 0 Å². The van der Waals surface area contributed by atoms with Gasteiger partial charge in [-0.15, -0.1) is 11.8 Å². The van der Waals surface area contributed by atoms with E-state index in [4.69, 9.17) is 37.9 Å². The third kappa shape index (κ3) is 28.3. The number of nitrogens with one attached hydrogen (secondary N) is 1. The number of imide groups is 1. The first-order valence-corrected chi connectivity index (χ1v) is 25.0. The van der Waals surface area contributed by atoms with Crippen LogP contribution >= 0.6 is 11.8 Å². The molecule has 0 spiro atoms. The number of ketones is 2. The first kappa shape index (κ1) is 59.0. The van der Waals surface area contributed by atoms with Gasteiger partial charge in [0.2, 0.25) is 17.7 Å². The van der Waals surface area contributed by atoms with Gasteiger partial charge in [-0.1, -0.05) is 81.6 Å². The fourth-order valence-electron chi connectivity index (χ4n) is 6.36. The van der Waals surface area contributed by atoms with Crippen molar-refractivity contribution in [3.8, 4) is 11.5 Å². The Labute approximate surface area is 401 Å². The van der Waals surface area contributed by atoms with Gasteiger partial charge in [0.05, 0.1) is 84.5 Å². The van der Waals surface area contributed by atoms with Gasteiger partial charge in [-0.05, 0) is 41.7 Å². The molecule has 1 atom stereocenters. The quantitative estimate of drug-likeness (QED) is 0.0505. The Hall–Kier alpha value is -3.12. The average Bonchev–Trinajstić information content (AvgIpc) is 3.51. The number of amides is 3. The second-order valence-corrected chi connectivity index (χ2v) is 21.0. The first-order valence-electron chi connectivity index (χ1n) is 23.9. The van der Waals surface area contributed by atoms with E-state index in [1.54, 1.807) is 17.8 Å². The molecule has 1 saturated heterocycles. The summed E-state index contributed by atoms with van der Waals surface area (Å²) in [5.74, 6) is 1.51. The van der Waals surface area contributed by atoms with Crippen LogP contribution in [0, 0.1) is 16.2 Å². The van der Waals surface area contributed by atoms with Crippen molar-refractivity contribution in [1.82, 2.24) is 10.2 Å². The summed E-state index contributed by atoms with van der Waals surface area (Å²) in [6.45, 7) is 23.4. The normalized spacial score (nSPS) is 14.6. The molecule has 0 radical (unpaired) electrons. The number of likely N-dealkylation sites (tertiary alicyclic amines) is 1. The zero-order chi connectivity index (χ0) is 48.9. The molecule has 2 rings (SSSR count). The molecule has 3 amide bonds. The highest BCUT2D eigenvalue weighted by molar-refractivity contribution is 8.00. The highest BCUT2D eigenvalue weighted by Gasteiger charge is 2.38. The molecule has 1 aliphatic heterocycles. The molecule has 0 aliphatic carbocycles. The van der Waals surface area contributed by atoms with Gasteiger partial charge in [0.1, 0.15) is 36.3 Å². The van der Waals surface area contributed by atoms with Crippen molar-refractivity contribution in [3.05, 3.63) is 23.8 Å². The van der Waals surface area contributed by atoms with Crippen LogP contribution < -0.4 is 14.8 Å². The van der Waals surface area contributed by atoms with Crippen molar-refractivity contribution in [3.63, 3.8) is 0 Å². The van der Waals surface area contributed by atoms with Crippen molar-refractivity contribution in [1.29, 1.82) is 0 Å². The first-order chi connectivity index (χ1) is 31.3. The standard InChI is InChI=1S/C50H84N2O13S.H2/c1-48(2,3)17-12-10-11-13-33-66-42-37-46(56)52(47(42)57)18-14-45(55)51-38-39-34-40(64-31-29-62-27-25-60-23-21-58-19-15-43(53)49(4,5)6)36-41(35-39)65-32-30-63-28-26-61-24-22-59-20-16-44(54)50(7,8)9;/h34-36,42H,10-33,37-38H2,1-9H3,(H,51,55);1H. The number of benzene rings is 1. The molecule has 1 aromatic rings. The predicted molar refractivity (Wildman–Crippen MR) is 259 cm³/mol. The number of carbonyl (C=O) groups excluding carboxylic acids is 5. The summed E-state index contributed by atoms with van der Waals surface area (Å²) < 4.78 is 45.4. The monoisotopic (exact) mass is 955 g/mol. The van der Waals surface area contributed by atoms with E-state index in [0.717, 1.165) is 24.2 Å². The summed E-state index contributed by atoms with van der Waals surface area (Å²) in [5, 5.41) is 2.52. The summed E-state index contributed by atoms with van der Waals surface area (Å²) in [6, 6.07) is 5.38. The van der Waals surface area contributed by atoms with Gasteiger partial charge in [-0.3, -0.25) is 28.9 Å². The Kier molecular flexibility index (Phi) is 29.1. The molecule has 1 heterocycles. The number of unbranched alkanes of at least 4 members (excludes halogenated alkanes) is 3. The van der Waals surface area contributed by atoms with Crippen molar-refractivity contribution in [2.24, 2.45) is 16.2 Å². The van der Waals surface area contributed by atoms with Gasteiger partial charge >= 0.3 is 0 Å². The molecule has 0 saturated carbocycles. The van der Waals surface area contributed by atoms with Crippen LogP contribution in [0.25, 0.3) is 0 Å². The van der Waals surface area contributed by atoms with Gasteiger partial charge in [0.15, 0.2) is 0 Å². The second kappa shape index (κ2) is 32.6. The summed E-state index contributed by atoms with van der Waals surface area (Å²) in [6.07, 6.45) is 6.65. The van der Waals surface area contributed by atoms with Gasteiger partial charge in [-0.25, -0.2) is 0 Å². The van der Waals surface area contributed by atoms with Crippen LogP contribution in [-0.2, 0) is 58.9 Å². The number of rotatable bonds is 38. The number of hydrogen-bond acceptors (Lipinski definition) is 14. The number of carbonyl (C=O) groups is 5. The van der Waals surface area contributed by atoms with Crippen LogP contribution in [-0.4, -0.2) is 144 Å². The molecule has 0 aromatic heterocycles. The van der Waals surface area contributed by atoms with E-state index in [9.17, 15) is 24.0 Å². The fraction of sp³-hybridized carbons (Fsp3) is 0.780. The maximum Gasteiger partial charge on any atom is 0.242 e. The molecule has 1 fully saturated rings. The van der Waals surface area contributed by atoms with Gasteiger partial charge in [0, 0.05) is 57.1 Å². The topological polar surface area (TPSA) is 174 Å². The fourth-order valence-corrected chi connectivity index (χ4v) is 7.54. The maximum absolute atomic E-state index is 13.0. The lowest BCUT2D eigenvalue weighted by Gasteiger charge is -2.17. The van der Waals surface area contributed by atoms with Crippen LogP contribution in [0.4, 0.5) is 0 Å². The molecule has 15 nitrogen and oxygen atoms in total. The minimum Gasteiger partial charge on any atom is -0.491 e. The van der Waals surface area contributed by atoms with E-state index < -0.39 is 0 Å². The lowest BCUT2D eigenvalue weighted by molar-refractivity contribution is -0.138. The molecule has 66 heavy (non-hydrogen) atoms. The molecule has 1 aliphatic rings. The number of ether oxygens (including phenoxy) is 8. The Morgan fingerprint density at radius 2 is 1.05 bits per heavy atom. The van der Waals surface area contributed by atoms with E-state index in [0.29, 0.717) is 109 Å². The Balaban J connectivity index is 0.0000224. The molecule has 1 aromatic carbocycles. The summed E-state index contributed by atoms with van der Waals surface area (Å²) in [7, 11) is 0. The zero-order valence-electron chi connectivity index (χ0n) is 41.9. The van der Waals surface area contributed by atoms with Crippen LogP contribution in [0.3, 0.4) is 0 Å². The molecule has 380 valence electrons. The van der Waals surface area contributed by atoms with Crippen molar-refractivity contribution in [2.45, 2.75) is 132 Å². The van der Waals surface area contributed by atoms with Crippen molar-refractivity contribution < 1.29 is 63.3 Å². The van der Waals surface area contributed by atoms with E-state index in [-0.39, 0.29) is 85.9 Å². The number of thioether (sulfide) groups is 1. The third-order valence-electron chi connectivity index (χ3n) is 10.4. The van der Waals surface area contributed by atoms with Gasteiger partial charge < -0.3 is 43.2 Å². The van der Waals surface area contributed by atoms with Crippen molar-refractivity contribution in [2.75, 3.05) is 105 Å². The van der Waals surface area contributed by atoms with E-state index in [2.05, 4.69) is 26.1 Å². The largest absolute Gasteiger partial charge is 0.491 e. The van der Waals surface area contributed by atoms with E-state index in [1.165, 1.54) is 24.2 Å². The maximum atomic E-state index is 13.0. The highest BCUT2D eigenvalue weighted by Crippen LogP contribution is 2.28. The Bertz CT molecular complexity index is 1510. The number of hydrogen-bond donors (Lipinski definition) is 1. The van der Waals surface area contributed by atoms with Crippen LogP contribution in [0.1, 0.15) is 127 Å². The molecule has 16 heteroatoms. The predicted octanol–water partition coefficient (Wildman–Crippen LogP) is 7.66. The molecule has 1 N–H and O–H groups in total. The second-order valence-electron chi connectivity index (χ2n) is 19.7. The van der Waals surface area contributed by atoms with Crippen LogP contribution in [0.5, 0.6) is 11.5 Å². The molecule has 0 bridgehead atoms. The Morgan fingerprint density at radius 3 is 1.50 bits per heavy atom. The van der Waals surface area contributed by atoms with Crippen LogP contribution in [0.2, 0.25) is 0 Å².